The maximum Gasteiger partial charge on any atom is 0.231 e. The van der Waals surface area contributed by atoms with E-state index >= 15 is 0 Å². The number of quaternary nitrogens is 2. The molecule has 0 saturated heterocycles. The highest BCUT2D eigenvalue weighted by Gasteiger charge is 2.38. The van der Waals surface area contributed by atoms with Crippen LogP contribution in [-0.4, -0.2) is 61.8 Å². The zero-order valence-electron chi connectivity index (χ0n) is 21.1. The molecule has 0 spiro atoms. The molecule has 0 saturated carbocycles. The Labute approximate surface area is 203 Å². The Morgan fingerprint density at radius 3 is 1.35 bits per heavy atom. The van der Waals surface area contributed by atoms with E-state index in [-0.39, 0.29) is 0 Å². The summed E-state index contributed by atoms with van der Waals surface area (Å²) < 4.78 is 24.7. The van der Waals surface area contributed by atoms with Crippen LogP contribution in [0.15, 0.2) is 24.3 Å². The van der Waals surface area contributed by atoms with E-state index in [9.17, 15) is 0 Å². The minimum absolute atomic E-state index is 0.350. The predicted molar refractivity (Wildman–Crippen MR) is 130 cm³/mol. The Hall–Kier alpha value is -2.44. The smallest absolute Gasteiger partial charge is 0.231 e. The standard InChI is InChI=1S/C28H38N2O4/c1-19-9-21-11-25-27(33-17-31-25)13-23(21)15-29(19,3)7-5-6-8-30(4)16-24-14-28-26(32-18-34-28)12-22(24)10-20(30)2/h11-14,19-20H,5-10,15-18H2,1-4H3/q+2. The molecule has 6 heteroatoms. The first-order valence-electron chi connectivity index (χ1n) is 12.8. The number of rotatable bonds is 5. The van der Waals surface area contributed by atoms with Gasteiger partial charge in [-0.2, -0.15) is 0 Å². The lowest BCUT2D eigenvalue weighted by molar-refractivity contribution is -0.952. The Kier molecular flexibility index (Phi) is 5.23. The third kappa shape index (κ3) is 3.72. The van der Waals surface area contributed by atoms with Crippen molar-refractivity contribution >= 4 is 0 Å². The van der Waals surface area contributed by atoms with Crippen molar-refractivity contribution in [1.82, 2.24) is 0 Å². The molecule has 34 heavy (non-hydrogen) atoms. The van der Waals surface area contributed by atoms with E-state index in [4.69, 9.17) is 18.9 Å². The van der Waals surface area contributed by atoms with Gasteiger partial charge < -0.3 is 27.9 Å². The van der Waals surface area contributed by atoms with E-state index in [1.807, 2.05) is 0 Å². The van der Waals surface area contributed by atoms with Gasteiger partial charge in [0.25, 0.3) is 0 Å². The molecule has 0 radical (unpaired) electrons. The van der Waals surface area contributed by atoms with Crippen molar-refractivity contribution in [3.8, 4) is 23.0 Å². The summed E-state index contributed by atoms with van der Waals surface area (Å²) in [6.45, 7) is 10.1. The normalized spacial score (nSPS) is 30.7. The van der Waals surface area contributed by atoms with Crippen LogP contribution < -0.4 is 18.9 Å². The lowest BCUT2D eigenvalue weighted by Crippen LogP contribution is -2.55. The molecule has 0 bridgehead atoms. The van der Waals surface area contributed by atoms with Crippen LogP contribution in [0.2, 0.25) is 0 Å². The molecule has 0 amide bonds. The fourth-order valence-electron chi connectivity index (χ4n) is 6.44. The molecule has 0 fully saturated rings. The van der Waals surface area contributed by atoms with Gasteiger partial charge in [0.2, 0.25) is 13.6 Å². The summed E-state index contributed by atoms with van der Waals surface area (Å²) in [5, 5.41) is 0. The number of ether oxygens (including phenoxy) is 4. The van der Waals surface area contributed by atoms with Crippen molar-refractivity contribution in [1.29, 1.82) is 0 Å². The Morgan fingerprint density at radius 1 is 0.618 bits per heavy atom. The van der Waals surface area contributed by atoms with Crippen LogP contribution >= 0.6 is 0 Å². The highest BCUT2D eigenvalue weighted by Crippen LogP contribution is 2.41. The quantitative estimate of drug-likeness (QED) is 0.483. The number of likely N-dealkylation sites (N-methyl/N-ethyl adjacent to an activating group) is 2. The number of hydrogen-bond donors (Lipinski definition) is 0. The molecule has 2 aromatic carbocycles. The zero-order valence-corrected chi connectivity index (χ0v) is 21.1. The summed E-state index contributed by atoms with van der Waals surface area (Å²) in [6, 6.07) is 10.1. The van der Waals surface area contributed by atoms with Crippen molar-refractivity contribution in [3.05, 3.63) is 46.5 Å². The molecule has 0 aromatic heterocycles. The van der Waals surface area contributed by atoms with Crippen LogP contribution in [0.5, 0.6) is 23.0 Å². The Morgan fingerprint density at radius 2 is 0.971 bits per heavy atom. The number of fused-ring (bicyclic) bond motifs is 4. The van der Waals surface area contributed by atoms with E-state index in [1.165, 1.54) is 48.2 Å². The monoisotopic (exact) mass is 466 g/mol. The van der Waals surface area contributed by atoms with Gasteiger partial charge in [-0.3, -0.25) is 0 Å². The van der Waals surface area contributed by atoms with E-state index < -0.39 is 0 Å². The lowest BCUT2D eigenvalue weighted by atomic mass is 9.91. The molecular weight excluding hydrogens is 428 g/mol. The van der Waals surface area contributed by atoms with Gasteiger partial charge in [0.05, 0.1) is 39.3 Å². The number of benzene rings is 2. The van der Waals surface area contributed by atoms with Gasteiger partial charge in [0.15, 0.2) is 23.0 Å². The van der Waals surface area contributed by atoms with Crippen molar-refractivity contribution in [2.75, 3.05) is 40.8 Å². The van der Waals surface area contributed by atoms with Crippen LogP contribution in [0.1, 0.15) is 48.9 Å². The van der Waals surface area contributed by atoms with Gasteiger partial charge in [-0.1, -0.05) is 0 Å². The summed E-state index contributed by atoms with van der Waals surface area (Å²) in [4.78, 5) is 0. The van der Waals surface area contributed by atoms with Gasteiger partial charge in [0, 0.05) is 36.8 Å². The van der Waals surface area contributed by atoms with Gasteiger partial charge in [0.1, 0.15) is 13.1 Å². The van der Waals surface area contributed by atoms with Crippen molar-refractivity contribution in [2.24, 2.45) is 0 Å². The van der Waals surface area contributed by atoms with Crippen molar-refractivity contribution in [2.45, 2.75) is 64.7 Å². The summed E-state index contributed by atoms with van der Waals surface area (Å²) in [7, 11) is 4.88. The first-order valence-corrected chi connectivity index (χ1v) is 12.8. The topological polar surface area (TPSA) is 36.9 Å². The third-order valence-electron chi connectivity index (χ3n) is 9.20. The highest BCUT2D eigenvalue weighted by molar-refractivity contribution is 5.50. The Bertz CT molecular complexity index is 1030. The predicted octanol–water partition coefficient (Wildman–Crippen LogP) is 4.41. The van der Waals surface area contributed by atoms with E-state index in [0.717, 1.165) is 57.9 Å². The maximum atomic E-state index is 5.65. The molecule has 0 N–H and O–H groups in total. The SMILES string of the molecule is CC1Cc2cc3c(cc2C[N+]1(C)CCCC[N+]1(C)Cc2cc4c(cc2CC1C)OCO4)OCO3. The molecule has 4 aliphatic heterocycles. The summed E-state index contributed by atoms with van der Waals surface area (Å²) in [5.41, 5.74) is 5.74. The van der Waals surface area contributed by atoms with Crippen LogP contribution in [0.25, 0.3) is 0 Å². The minimum atomic E-state index is 0.350. The largest absolute Gasteiger partial charge is 0.454 e. The molecule has 6 rings (SSSR count). The first kappa shape index (κ1) is 22.1. The first-order chi connectivity index (χ1) is 16.3. The molecule has 6 nitrogen and oxygen atoms in total. The maximum absolute atomic E-state index is 5.65. The lowest BCUT2D eigenvalue weighted by Gasteiger charge is -2.45. The van der Waals surface area contributed by atoms with E-state index in [0.29, 0.717) is 25.7 Å². The van der Waals surface area contributed by atoms with E-state index in [1.54, 1.807) is 0 Å². The third-order valence-corrected chi connectivity index (χ3v) is 9.20. The van der Waals surface area contributed by atoms with Gasteiger partial charge in [-0.05, 0) is 49.2 Å². The van der Waals surface area contributed by atoms with Gasteiger partial charge in [-0.15, -0.1) is 0 Å². The molecule has 4 aliphatic rings. The molecule has 2 aromatic rings. The highest BCUT2D eigenvalue weighted by atomic mass is 16.7. The molecule has 4 heterocycles. The second kappa shape index (κ2) is 8.06. The van der Waals surface area contributed by atoms with Crippen LogP contribution in [-0.2, 0) is 25.9 Å². The Balaban J connectivity index is 1.09. The molecular formula is C28H38N2O4+2. The average molecular weight is 467 g/mol. The van der Waals surface area contributed by atoms with Crippen LogP contribution in [0.4, 0.5) is 0 Å². The second-order valence-electron chi connectivity index (χ2n) is 11.5. The van der Waals surface area contributed by atoms with Crippen LogP contribution in [0.3, 0.4) is 0 Å². The fraction of sp³-hybridized carbons (Fsp3) is 0.571. The van der Waals surface area contributed by atoms with Crippen LogP contribution in [0, 0.1) is 0 Å². The summed E-state index contributed by atoms with van der Waals surface area (Å²) in [5.74, 6) is 3.67. The summed E-state index contributed by atoms with van der Waals surface area (Å²) >= 11 is 0. The van der Waals surface area contributed by atoms with Gasteiger partial charge >= 0.3 is 0 Å². The van der Waals surface area contributed by atoms with Crippen molar-refractivity contribution < 1.29 is 27.9 Å². The average Bonchev–Trinajstić information content (AvgIpc) is 3.44. The second-order valence-corrected chi connectivity index (χ2v) is 11.5. The van der Waals surface area contributed by atoms with E-state index in [2.05, 4.69) is 52.2 Å². The number of hydrogen-bond acceptors (Lipinski definition) is 4. The van der Waals surface area contributed by atoms with Gasteiger partial charge in [-0.25, -0.2) is 0 Å². The van der Waals surface area contributed by atoms with Crippen molar-refractivity contribution in [3.63, 3.8) is 0 Å². The summed E-state index contributed by atoms with van der Waals surface area (Å²) in [6.07, 6.45) is 4.74. The number of nitrogens with zero attached hydrogens (tertiary/aromatic N) is 2. The molecule has 182 valence electrons. The zero-order chi connectivity index (χ0) is 23.5. The molecule has 4 unspecified atom stereocenters. The number of unbranched alkanes of at least 4 members (excludes halogenated alkanes) is 1. The molecule has 0 aliphatic carbocycles. The minimum Gasteiger partial charge on any atom is -0.454 e. The molecule has 4 atom stereocenters. The fourth-order valence-corrected chi connectivity index (χ4v) is 6.44.